The number of aromatic nitrogens is 4. The van der Waals surface area contributed by atoms with Crippen molar-refractivity contribution in [3.8, 4) is 0 Å². The van der Waals surface area contributed by atoms with E-state index in [9.17, 15) is 19.3 Å². The van der Waals surface area contributed by atoms with Gasteiger partial charge in [0, 0.05) is 32.6 Å². The summed E-state index contributed by atoms with van der Waals surface area (Å²) in [5.41, 5.74) is 2.78. The number of rotatable bonds is 15. The number of carboxylic acids is 1. The maximum Gasteiger partial charge on any atom is 0.363 e. The van der Waals surface area contributed by atoms with E-state index < -0.39 is 36.1 Å². The molecule has 6 aromatic rings. The molecule has 0 bridgehead atoms. The molecule has 16 heteroatoms. The number of hydrogen-bond acceptors (Lipinski definition) is 10. The van der Waals surface area contributed by atoms with Gasteiger partial charge in [0.2, 0.25) is 11.9 Å². The standard InChI is InChI=1S/C46H49ClN7O7P/c1-45(2,43(56)57)28-38-41-42(51-44(49-38)50-39(55)27-33-15-7-3-8-16-33)54(32-48-41)40-30-52(29-37(61-40)31-60-62(47,58)53-23-25-59-26-24-53)46(34-17-9-4-10-18-34,35-19-11-5-12-20-35)36-21-13-6-14-22-36/h3-22,32,37,40H,23-31H2,1-2H3,(H,56,57)(H,49,50,51,55). The Morgan fingerprint density at radius 2 is 1.42 bits per heavy atom. The largest absolute Gasteiger partial charge is 0.481 e. The third-order valence-corrected chi connectivity index (χ3v) is 13.9. The van der Waals surface area contributed by atoms with Gasteiger partial charge in [-0.3, -0.25) is 28.9 Å². The van der Waals surface area contributed by atoms with Gasteiger partial charge in [-0.2, -0.15) is 4.98 Å². The second-order valence-electron chi connectivity index (χ2n) is 16.1. The Labute approximate surface area is 365 Å². The Morgan fingerprint density at radius 3 is 1.98 bits per heavy atom. The fourth-order valence-electron chi connectivity index (χ4n) is 8.28. The lowest BCUT2D eigenvalue weighted by Gasteiger charge is -2.50. The fraction of sp³-hybridized carbons (Fsp3) is 0.326. The predicted octanol–water partition coefficient (Wildman–Crippen LogP) is 7.55. The number of ether oxygens (including phenoxy) is 2. The Morgan fingerprint density at radius 1 is 0.855 bits per heavy atom. The quantitative estimate of drug-likeness (QED) is 0.0772. The summed E-state index contributed by atoms with van der Waals surface area (Å²) in [7, 11) is 0. The molecule has 2 saturated heterocycles. The van der Waals surface area contributed by atoms with Crippen LogP contribution < -0.4 is 5.32 Å². The number of morpholine rings is 2. The average molecular weight is 878 g/mol. The van der Waals surface area contributed by atoms with Crippen LogP contribution in [-0.2, 0) is 46.5 Å². The molecule has 2 aromatic heterocycles. The number of hydrogen-bond donors (Lipinski definition) is 2. The smallest absolute Gasteiger partial charge is 0.363 e. The van der Waals surface area contributed by atoms with E-state index in [-0.39, 0.29) is 37.8 Å². The van der Waals surface area contributed by atoms with Crippen molar-refractivity contribution >= 4 is 47.1 Å². The number of carbonyl (C=O) groups excluding carboxylic acids is 1. The Balaban J connectivity index is 1.25. The fourth-order valence-corrected chi connectivity index (χ4v) is 10.1. The molecule has 322 valence electrons. The molecular formula is C46H49ClN7O7P. The number of aliphatic carboxylic acids is 1. The third-order valence-electron chi connectivity index (χ3n) is 11.4. The third kappa shape index (κ3) is 9.23. The molecule has 0 saturated carbocycles. The van der Waals surface area contributed by atoms with Gasteiger partial charge in [0.15, 0.2) is 5.65 Å². The minimum atomic E-state index is -3.77. The number of imidazole rings is 1. The summed E-state index contributed by atoms with van der Waals surface area (Å²) in [5.74, 6) is -1.35. The highest BCUT2D eigenvalue weighted by Gasteiger charge is 2.47. The highest BCUT2D eigenvalue weighted by atomic mass is 35.7. The lowest BCUT2D eigenvalue weighted by molar-refractivity contribution is -0.146. The molecule has 8 rings (SSSR count). The van der Waals surface area contributed by atoms with Crippen molar-refractivity contribution in [3.05, 3.63) is 156 Å². The normalized spacial score (nSPS) is 18.9. The molecule has 0 aliphatic carbocycles. The van der Waals surface area contributed by atoms with Crippen LogP contribution in [0.5, 0.6) is 0 Å². The molecule has 2 aliphatic rings. The SMILES string of the molecule is CC(C)(Cc1nc(NC(=O)Cc2ccccc2)nc2c1ncn2C1CN(C(c2ccccc2)(c2ccccc2)c2ccccc2)CC(COP(=O)(Cl)N2CCOCC2)O1)C(=O)O. The topological polar surface area (TPSA) is 161 Å². The van der Waals surface area contributed by atoms with Crippen LogP contribution in [-0.4, -0.2) is 98.2 Å². The first-order valence-corrected chi connectivity index (χ1v) is 23.1. The van der Waals surface area contributed by atoms with Gasteiger partial charge in [-0.15, -0.1) is 0 Å². The van der Waals surface area contributed by atoms with E-state index in [1.165, 1.54) is 0 Å². The maximum atomic E-state index is 13.9. The Kier molecular flexibility index (Phi) is 13.0. The zero-order chi connectivity index (χ0) is 43.3. The Bertz CT molecular complexity index is 2430. The predicted molar refractivity (Wildman–Crippen MR) is 236 cm³/mol. The molecule has 2 N–H and O–H groups in total. The molecular weight excluding hydrogens is 829 g/mol. The minimum absolute atomic E-state index is 0.000282. The van der Waals surface area contributed by atoms with Crippen molar-refractivity contribution < 1.29 is 33.3 Å². The number of fused-ring (bicyclic) bond motifs is 1. The van der Waals surface area contributed by atoms with Crippen LogP contribution in [0.3, 0.4) is 0 Å². The van der Waals surface area contributed by atoms with Crippen LogP contribution in [0, 0.1) is 5.41 Å². The summed E-state index contributed by atoms with van der Waals surface area (Å²) < 4.78 is 35.9. The molecule has 0 spiro atoms. The number of carboxylic acid groups (broad SMARTS) is 1. The second kappa shape index (κ2) is 18.6. The number of halogens is 1. The van der Waals surface area contributed by atoms with E-state index >= 15 is 0 Å². The number of benzene rings is 4. The second-order valence-corrected chi connectivity index (χ2v) is 19.1. The van der Waals surface area contributed by atoms with Gasteiger partial charge in [-0.25, -0.2) is 14.6 Å². The lowest BCUT2D eigenvalue weighted by Crippen LogP contribution is -2.57. The molecule has 2 aliphatic heterocycles. The first-order chi connectivity index (χ1) is 29.9. The summed E-state index contributed by atoms with van der Waals surface area (Å²) in [5, 5.41) is 13.0. The van der Waals surface area contributed by atoms with Crippen molar-refractivity contribution in [1.29, 1.82) is 0 Å². The summed E-state index contributed by atoms with van der Waals surface area (Å²) in [6, 6.07) is 40.1. The van der Waals surface area contributed by atoms with Gasteiger partial charge in [-0.05, 0) is 47.3 Å². The summed E-state index contributed by atoms with van der Waals surface area (Å²) in [6.45, 7) is 1.48. The number of nitrogens with zero attached hydrogens (tertiary/aromatic N) is 6. The van der Waals surface area contributed by atoms with Crippen LogP contribution in [0.1, 0.15) is 48.0 Å². The number of nitrogens with one attached hydrogen (secondary N) is 1. The van der Waals surface area contributed by atoms with Crippen molar-refractivity contribution in [3.63, 3.8) is 0 Å². The molecule has 3 unspecified atom stereocenters. The highest BCUT2D eigenvalue weighted by Crippen LogP contribution is 2.56. The molecule has 4 aromatic carbocycles. The van der Waals surface area contributed by atoms with Gasteiger partial charge in [0.1, 0.15) is 11.7 Å². The van der Waals surface area contributed by atoms with E-state index in [1.54, 1.807) is 29.4 Å². The molecule has 2 fully saturated rings. The van der Waals surface area contributed by atoms with E-state index in [0.29, 0.717) is 49.7 Å². The zero-order valence-corrected chi connectivity index (χ0v) is 36.2. The first kappa shape index (κ1) is 43.3. The van der Waals surface area contributed by atoms with Gasteiger partial charge in [-0.1, -0.05) is 121 Å². The zero-order valence-electron chi connectivity index (χ0n) is 34.5. The van der Waals surface area contributed by atoms with Crippen LogP contribution in [0.25, 0.3) is 11.2 Å². The van der Waals surface area contributed by atoms with Crippen LogP contribution >= 0.6 is 18.1 Å². The van der Waals surface area contributed by atoms with E-state index in [1.807, 2.05) is 84.9 Å². The average Bonchev–Trinajstić information content (AvgIpc) is 3.72. The molecule has 14 nitrogen and oxygen atoms in total. The molecule has 0 radical (unpaired) electrons. The minimum Gasteiger partial charge on any atom is -0.481 e. The number of amides is 1. The van der Waals surface area contributed by atoms with Gasteiger partial charge >= 0.3 is 12.8 Å². The lowest BCUT2D eigenvalue weighted by atomic mass is 9.75. The van der Waals surface area contributed by atoms with E-state index in [2.05, 4.69) is 51.6 Å². The van der Waals surface area contributed by atoms with E-state index in [4.69, 9.17) is 35.2 Å². The first-order valence-electron chi connectivity index (χ1n) is 20.6. The van der Waals surface area contributed by atoms with Gasteiger partial charge in [0.25, 0.3) is 0 Å². The number of carbonyl (C=O) groups is 2. The van der Waals surface area contributed by atoms with Gasteiger partial charge < -0.3 is 19.1 Å². The summed E-state index contributed by atoms with van der Waals surface area (Å²) in [4.78, 5) is 42.5. The number of anilines is 1. The van der Waals surface area contributed by atoms with Crippen molar-refractivity contribution in [2.45, 2.75) is 44.6 Å². The van der Waals surface area contributed by atoms with E-state index in [0.717, 1.165) is 22.3 Å². The van der Waals surface area contributed by atoms with Crippen LogP contribution in [0.2, 0.25) is 0 Å². The van der Waals surface area contributed by atoms with Crippen molar-refractivity contribution in [2.75, 3.05) is 51.3 Å². The summed E-state index contributed by atoms with van der Waals surface area (Å²) in [6.07, 6.45) is 0.203. The molecule has 4 heterocycles. The monoisotopic (exact) mass is 877 g/mol. The van der Waals surface area contributed by atoms with Crippen LogP contribution in [0.15, 0.2) is 128 Å². The van der Waals surface area contributed by atoms with Crippen molar-refractivity contribution in [1.82, 2.24) is 29.1 Å². The molecule has 3 atom stereocenters. The molecule has 62 heavy (non-hydrogen) atoms. The van der Waals surface area contributed by atoms with Crippen LogP contribution in [0.4, 0.5) is 5.95 Å². The highest BCUT2D eigenvalue weighted by molar-refractivity contribution is 7.83. The summed E-state index contributed by atoms with van der Waals surface area (Å²) >= 11 is 6.69. The van der Waals surface area contributed by atoms with Crippen molar-refractivity contribution in [2.24, 2.45) is 5.41 Å². The Hall–Kier alpha value is -5.31. The maximum absolute atomic E-state index is 13.9. The van der Waals surface area contributed by atoms with Gasteiger partial charge in [0.05, 0.1) is 55.3 Å². The molecule has 1 amide bonds.